The van der Waals surface area contributed by atoms with Crippen molar-refractivity contribution in [3.05, 3.63) is 40.4 Å². The van der Waals surface area contributed by atoms with Crippen molar-refractivity contribution in [3.63, 3.8) is 0 Å². The van der Waals surface area contributed by atoms with E-state index in [1.807, 2.05) is 0 Å². The van der Waals surface area contributed by atoms with Gasteiger partial charge in [-0.2, -0.15) is 0 Å². The fraction of sp³-hybridized carbons (Fsp3) is 0.450. The minimum absolute atomic E-state index is 0.0469. The number of aromatic nitrogens is 1. The molecule has 1 aromatic carbocycles. The summed E-state index contributed by atoms with van der Waals surface area (Å²) in [6.45, 7) is 2.62. The van der Waals surface area contributed by atoms with Crippen LogP contribution in [0.4, 0.5) is 29.7 Å². The van der Waals surface area contributed by atoms with Crippen molar-refractivity contribution in [2.24, 2.45) is 5.73 Å². The van der Waals surface area contributed by atoms with Gasteiger partial charge in [-0.1, -0.05) is 0 Å². The van der Waals surface area contributed by atoms with Gasteiger partial charge in [-0.3, -0.25) is 9.74 Å². The smallest absolute Gasteiger partial charge is 0.414 e. The first-order chi connectivity index (χ1) is 15.9. The predicted octanol–water partition coefficient (Wildman–Crippen LogP) is 2.30. The zero-order valence-corrected chi connectivity index (χ0v) is 19.1. The number of carbonyl (C=O) groups excluding carboxylic acids is 2. The zero-order valence-electron chi connectivity index (χ0n) is 18.3. The number of urea groups is 1. The second-order valence-corrected chi connectivity index (χ2v) is 8.04. The number of anilines is 2. The number of amides is 3. The Kier molecular flexibility index (Phi) is 8.36. The number of ether oxygens (including phenoxy) is 1. The molecule has 3 amide bonds. The molecule has 180 valence electrons. The van der Waals surface area contributed by atoms with E-state index in [4.69, 9.17) is 15.3 Å². The number of carbonyl (C=O) groups is 2. The summed E-state index contributed by atoms with van der Waals surface area (Å²) in [6.07, 6.45) is 0.401. The summed E-state index contributed by atoms with van der Waals surface area (Å²) in [4.78, 5) is 36.1. The third kappa shape index (κ3) is 5.86. The Morgan fingerprint density at radius 3 is 2.67 bits per heavy atom. The summed E-state index contributed by atoms with van der Waals surface area (Å²) in [7, 11) is 1.33. The van der Waals surface area contributed by atoms with E-state index in [-0.39, 0.29) is 50.6 Å². The van der Waals surface area contributed by atoms with Crippen molar-refractivity contribution in [1.82, 2.24) is 15.4 Å². The summed E-state index contributed by atoms with van der Waals surface area (Å²) in [5, 5.41) is 6.27. The van der Waals surface area contributed by atoms with E-state index in [0.717, 1.165) is 27.1 Å². The molecule has 2 aromatic rings. The lowest BCUT2D eigenvalue weighted by molar-refractivity contribution is -0.0841. The lowest BCUT2D eigenvalue weighted by Crippen LogP contribution is -2.43. The normalized spacial score (nSPS) is 15.5. The molecule has 1 aliphatic heterocycles. The van der Waals surface area contributed by atoms with Gasteiger partial charge in [-0.05, 0) is 6.92 Å². The summed E-state index contributed by atoms with van der Waals surface area (Å²) < 4.78 is 34.9. The first-order valence-electron chi connectivity index (χ1n) is 10.3. The number of nitrogens with one attached hydrogen (secondary N) is 1. The van der Waals surface area contributed by atoms with Crippen LogP contribution in [-0.4, -0.2) is 68.1 Å². The van der Waals surface area contributed by atoms with Crippen LogP contribution in [0.1, 0.15) is 11.9 Å². The Labute approximate surface area is 193 Å². The molecule has 33 heavy (non-hydrogen) atoms. The fourth-order valence-electron chi connectivity index (χ4n) is 3.36. The summed E-state index contributed by atoms with van der Waals surface area (Å²) in [5.41, 5.74) is 5.29. The molecule has 13 heteroatoms. The molecule has 0 aliphatic carbocycles. The minimum atomic E-state index is -0.840. The first-order valence-corrected chi connectivity index (χ1v) is 11.2. The van der Waals surface area contributed by atoms with E-state index >= 15 is 0 Å². The molecule has 0 saturated carbocycles. The van der Waals surface area contributed by atoms with Crippen LogP contribution in [0.5, 0.6) is 0 Å². The monoisotopic (exact) mass is 484 g/mol. The van der Waals surface area contributed by atoms with Gasteiger partial charge < -0.3 is 20.7 Å². The molecule has 0 bridgehead atoms. The number of thiazole rings is 1. The van der Waals surface area contributed by atoms with Gasteiger partial charge in [0, 0.05) is 43.3 Å². The standard InChI is InChI=1S/C20H26F2N6O4S/c1-3-26(5-6-28(31-2)19(29)25-11-17-24-4-7-33-17)18-15(21)8-13(9-16(18)22)27-12-14(10-23)32-20(27)30/h4,7-9,14H,3,5-6,10-12,23H2,1-2H3,(H,25,29)/t14-/m0/s1. The highest BCUT2D eigenvalue weighted by Gasteiger charge is 2.33. The van der Waals surface area contributed by atoms with Crippen LogP contribution in [-0.2, 0) is 16.1 Å². The van der Waals surface area contributed by atoms with Crippen molar-refractivity contribution >= 4 is 34.8 Å². The molecule has 1 aromatic heterocycles. The first kappa shape index (κ1) is 24.6. The number of hydrogen-bond acceptors (Lipinski definition) is 8. The largest absolute Gasteiger partial charge is 0.443 e. The highest BCUT2D eigenvalue weighted by atomic mass is 32.1. The molecule has 3 rings (SSSR count). The van der Waals surface area contributed by atoms with E-state index in [1.54, 1.807) is 18.5 Å². The predicted molar refractivity (Wildman–Crippen MR) is 119 cm³/mol. The molecule has 10 nitrogen and oxygen atoms in total. The van der Waals surface area contributed by atoms with Crippen LogP contribution < -0.4 is 20.9 Å². The lowest BCUT2D eigenvalue weighted by atomic mass is 10.2. The number of benzene rings is 1. The number of rotatable bonds is 10. The summed E-state index contributed by atoms with van der Waals surface area (Å²) >= 11 is 1.40. The second kappa shape index (κ2) is 11.2. The van der Waals surface area contributed by atoms with Gasteiger partial charge in [0.2, 0.25) is 0 Å². The molecular weight excluding hydrogens is 458 g/mol. The summed E-state index contributed by atoms with van der Waals surface area (Å²) in [6, 6.07) is 1.66. The maximum Gasteiger partial charge on any atom is 0.414 e. The van der Waals surface area contributed by atoms with Gasteiger partial charge >= 0.3 is 12.1 Å². The van der Waals surface area contributed by atoms with E-state index in [0.29, 0.717) is 0 Å². The van der Waals surface area contributed by atoms with Crippen molar-refractivity contribution in [2.45, 2.75) is 19.6 Å². The molecule has 1 saturated heterocycles. The van der Waals surface area contributed by atoms with Gasteiger partial charge in [0.05, 0.1) is 32.4 Å². The lowest BCUT2D eigenvalue weighted by Gasteiger charge is -2.28. The number of halogens is 2. The third-order valence-corrected chi connectivity index (χ3v) is 5.82. The molecule has 0 unspecified atom stereocenters. The molecule has 1 atom stereocenters. The maximum atomic E-state index is 14.9. The van der Waals surface area contributed by atoms with Crippen LogP contribution in [0, 0.1) is 11.6 Å². The average Bonchev–Trinajstić information content (AvgIpc) is 3.45. The van der Waals surface area contributed by atoms with E-state index in [9.17, 15) is 18.4 Å². The van der Waals surface area contributed by atoms with Crippen LogP contribution >= 0.6 is 11.3 Å². The van der Waals surface area contributed by atoms with E-state index in [1.165, 1.54) is 23.3 Å². The van der Waals surface area contributed by atoms with Gasteiger partial charge in [0.1, 0.15) is 16.8 Å². The third-order valence-electron chi connectivity index (χ3n) is 5.04. The fourth-order valence-corrected chi connectivity index (χ4v) is 3.92. The topological polar surface area (TPSA) is 113 Å². The van der Waals surface area contributed by atoms with Gasteiger partial charge in [0.25, 0.3) is 0 Å². The zero-order chi connectivity index (χ0) is 24.0. The number of nitrogens with zero attached hydrogens (tertiary/aromatic N) is 4. The maximum absolute atomic E-state index is 14.9. The van der Waals surface area contributed by atoms with Gasteiger partial charge in [-0.25, -0.2) is 28.4 Å². The molecule has 0 radical (unpaired) electrons. The van der Waals surface area contributed by atoms with Crippen LogP contribution in [0.15, 0.2) is 23.7 Å². The van der Waals surface area contributed by atoms with Crippen molar-refractivity contribution in [1.29, 1.82) is 0 Å². The Morgan fingerprint density at radius 2 is 2.12 bits per heavy atom. The molecular formula is C20H26F2N6O4S. The Hall–Kier alpha value is -3.03. The number of cyclic esters (lactones) is 1. The Bertz CT molecular complexity index is 941. The summed E-state index contributed by atoms with van der Waals surface area (Å²) in [5.74, 6) is -1.68. The number of nitrogens with two attached hydrogens (primary N) is 1. The molecule has 2 heterocycles. The van der Waals surface area contributed by atoms with Crippen molar-refractivity contribution in [3.8, 4) is 0 Å². The number of hydroxylamine groups is 2. The van der Waals surface area contributed by atoms with Crippen LogP contribution in [0.2, 0.25) is 0 Å². The number of hydrogen-bond donors (Lipinski definition) is 2. The van der Waals surface area contributed by atoms with Crippen molar-refractivity contribution < 1.29 is 27.9 Å². The number of likely N-dealkylation sites (N-methyl/N-ethyl adjacent to an activating group) is 1. The quantitative estimate of drug-likeness (QED) is 0.498. The average molecular weight is 485 g/mol. The minimum Gasteiger partial charge on any atom is -0.443 e. The SMILES string of the molecule is CCN(CCN(OC)C(=O)NCc1nccs1)c1c(F)cc(N2C[C@H](CN)OC2=O)cc1F. The van der Waals surface area contributed by atoms with E-state index < -0.39 is 29.9 Å². The molecule has 1 aliphatic rings. The highest BCUT2D eigenvalue weighted by molar-refractivity contribution is 7.09. The van der Waals surface area contributed by atoms with Gasteiger partial charge in [-0.15, -0.1) is 11.3 Å². The molecule has 1 fully saturated rings. The van der Waals surface area contributed by atoms with E-state index in [2.05, 4.69) is 10.3 Å². The highest BCUT2D eigenvalue weighted by Crippen LogP contribution is 2.31. The Balaban J connectivity index is 1.66. The molecule has 3 N–H and O–H groups in total. The van der Waals surface area contributed by atoms with Crippen LogP contribution in [0.25, 0.3) is 0 Å². The van der Waals surface area contributed by atoms with Crippen LogP contribution in [0.3, 0.4) is 0 Å². The van der Waals surface area contributed by atoms with Crippen molar-refractivity contribution in [2.75, 3.05) is 49.6 Å². The molecule has 0 spiro atoms. The second-order valence-electron chi connectivity index (χ2n) is 7.06. The van der Waals surface area contributed by atoms with Gasteiger partial charge in [0.15, 0.2) is 11.6 Å². The Morgan fingerprint density at radius 1 is 1.39 bits per heavy atom.